The van der Waals surface area contributed by atoms with E-state index in [1.807, 2.05) is 0 Å². The number of rotatable bonds is 6. The monoisotopic (exact) mass is 254 g/mol. The lowest BCUT2D eigenvalue weighted by molar-refractivity contribution is -0.0316. The van der Waals surface area contributed by atoms with E-state index in [1.54, 1.807) is 0 Å². The summed E-state index contributed by atoms with van der Waals surface area (Å²) in [6.07, 6.45) is 6.24. The molecule has 0 spiro atoms. The molecular formula is C16H34N2. The first-order valence-corrected chi connectivity index (χ1v) is 8.04. The van der Waals surface area contributed by atoms with Crippen molar-refractivity contribution in [2.45, 2.75) is 90.8 Å². The molecule has 1 unspecified atom stereocenters. The Morgan fingerprint density at radius 1 is 1.00 bits per heavy atom. The lowest BCUT2D eigenvalue weighted by Gasteiger charge is -2.56. The molecule has 0 aromatic carbocycles. The van der Waals surface area contributed by atoms with Crippen LogP contribution in [-0.4, -0.2) is 35.1 Å². The molecule has 0 amide bonds. The molecule has 0 bridgehead atoms. The second-order valence-corrected chi connectivity index (χ2v) is 6.16. The summed E-state index contributed by atoms with van der Waals surface area (Å²) in [6, 6.07) is 0.699. The first-order chi connectivity index (χ1) is 8.53. The number of nitrogens with one attached hydrogen (secondary N) is 1. The quantitative estimate of drug-likeness (QED) is 0.775. The Morgan fingerprint density at radius 2 is 1.56 bits per heavy atom. The normalized spacial score (nSPS) is 25.0. The molecule has 1 saturated heterocycles. The highest BCUT2D eigenvalue weighted by molar-refractivity contribution is 5.04. The summed E-state index contributed by atoms with van der Waals surface area (Å²) in [5.41, 5.74) is 0.723. The molecule has 2 nitrogen and oxygen atoms in total. The van der Waals surface area contributed by atoms with E-state index in [0.717, 1.165) is 6.54 Å². The van der Waals surface area contributed by atoms with Crippen LogP contribution in [0, 0.1) is 0 Å². The van der Waals surface area contributed by atoms with Gasteiger partial charge in [-0.05, 0) is 39.0 Å². The average molecular weight is 254 g/mol. The lowest BCUT2D eigenvalue weighted by Crippen LogP contribution is -2.71. The summed E-state index contributed by atoms with van der Waals surface area (Å²) in [6.45, 7) is 16.5. The van der Waals surface area contributed by atoms with Crippen LogP contribution in [0.4, 0.5) is 0 Å². The minimum Gasteiger partial charge on any atom is -0.308 e. The van der Waals surface area contributed by atoms with Crippen molar-refractivity contribution in [2.75, 3.05) is 13.1 Å². The maximum absolute atomic E-state index is 3.89. The van der Waals surface area contributed by atoms with Gasteiger partial charge in [0.25, 0.3) is 0 Å². The molecule has 1 rings (SSSR count). The predicted molar refractivity (Wildman–Crippen MR) is 81.1 cm³/mol. The second kappa shape index (κ2) is 6.38. The van der Waals surface area contributed by atoms with Crippen LogP contribution in [0.5, 0.6) is 0 Å². The van der Waals surface area contributed by atoms with Crippen LogP contribution in [0.25, 0.3) is 0 Å². The largest absolute Gasteiger partial charge is 0.308 e. The molecular weight excluding hydrogens is 220 g/mol. The molecule has 1 aliphatic heterocycles. The zero-order chi connectivity index (χ0) is 13.8. The maximum atomic E-state index is 3.89. The highest BCUT2D eigenvalue weighted by Crippen LogP contribution is 2.34. The van der Waals surface area contributed by atoms with Crippen molar-refractivity contribution in [3.05, 3.63) is 0 Å². The van der Waals surface area contributed by atoms with Gasteiger partial charge >= 0.3 is 0 Å². The van der Waals surface area contributed by atoms with E-state index in [9.17, 15) is 0 Å². The lowest BCUT2D eigenvalue weighted by atomic mass is 9.79. The Kier molecular flexibility index (Phi) is 5.67. The zero-order valence-electron chi connectivity index (χ0n) is 13.5. The van der Waals surface area contributed by atoms with E-state index in [2.05, 4.69) is 51.8 Å². The summed E-state index contributed by atoms with van der Waals surface area (Å²) in [5.74, 6) is 0. The van der Waals surface area contributed by atoms with Gasteiger partial charge in [-0.15, -0.1) is 0 Å². The standard InChI is InChI=1S/C16H34N2/c1-7-14(6)18-13-15(8-2,9-3)17-12-16(18,10-4)11-5/h14,17H,7-13H2,1-6H3. The fourth-order valence-electron chi connectivity index (χ4n) is 3.48. The van der Waals surface area contributed by atoms with Gasteiger partial charge in [-0.25, -0.2) is 0 Å². The Bertz CT molecular complexity index is 241. The Balaban J connectivity index is 2.99. The number of hydrogen-bond donors (Lipinski definition) is 1. The van der Waals surface area contributed by atoms with E-state index in [-0.39, 0.29) is 0 Å². The van der Waals surface area contributed by atoms with Gasteiger partial charge in [0.15, 0.2) is 0 Å². The highest BCUT2D eigenvalue weighted by Gasteiger charge is 2.45. The molecule has 2 heteroatoms. The molecule has 0 aromatic rings. The molecule has 1 fully saturated rings. The van der Waals surface area contributed by atoms with E-state index >= 15 is 0 Å². The van der Waals surface area contributed by atoms with Gasteiger partial charge < -0.3 is 5.32 Å². The van der Waals surface area contributed by atoms with Crippen molar-refractivity contribution in [2.24, 2.45) is 0 Å². The van der Waals surface area contributed by atoms with E-state index in [1.165, 1.54) is 38.6 Å². The van der Waals surface area contributed by atoms with Gasteiger partial charge in [-0.3, -0.25) is 4.90 Å². The summed E-state index contributed by atoms with van der Waals surface area (Å²) in [4.78, 5) is 2.82. The van der Waals surface area contributed by atoms with Crippen LogP contribution in [0.2, 0.25) is 0 Å². The van der Waals surface area contributed by atoms with Gasteiger partial charge in [-0.2, -0.15) is 0 Å². The van der Waals surface area contributed by atoms with Crippen molar-refractivity contribution < 1.29 is 0 Å². The predicted octanol–water partition coefficient (Wildman–Crippen LogP) is 3.81. The van der Waals surface area contributed by atoms with Crippen molar-refractivity contribution in [1.82, 2.24) is 10.2 Å². The van der Waals surface area contributed by atoms with Crippen molar-refractivity contribution >= 4 is 0 Å². The molecule has 1 atom stereocenters. The molecule has 1 N–H and O–H groups in total. The Morgan fingerprint density at radius 3 is 1.94 bits per heavy atom. The summed E-state index contributed by atoms with van der Waals surface area (Å²) >= 11 is 0. The van der Waals surface area contributed by atoms with Crippen LogP contribution in [-0.2, 0) is 0 Å². The van der Waals surface area contributed by atoms with Gasteiger partial charge in [0, 0.05) is 30.2 Å². The smallest absolute Gasteiger partial charge is 0.0332 e. The van der Waals surface area contributed by atoms with Crippen molar-refractivity contribution in [3.63, 3.8) is 0 Å². The van der Waals surface area contributed by atoms with E-state index < -0.39 is 0 Å². The summed E-state index contributed by atoms with van der Waals surface area (Å²) in [7, 11) is 0. The van der Waals surface area contributed by atoms with Gasteiger partial charge in [0.05, 0.1) is 0 Å². The first-order valence-electron chi connectivity index (χ1n) is 8.04. The molecule has 0 radical (unpaired) electrons. The fourth-order valence-corrected chi connectivity index (χ4v) is 3.48. The molecule has 108 valence electrons. The number of hydrogen-bond acceptors (Lipinski definition) is 2. The average Bonchev–Trinajstić information content (AvgIpc) is 2.45. The van der Waals surface area contributed by atoms with Crippen molar-refractivity contribution in [1.29, 1.82) is 0 Å². The van der Waals surface area contributed by atoms with Crippen LogP contribution in [0.3, 0.4) is 0 Å². The molecule has 0 aliphatic carbocycles. The fraction of sp³-hybridized carbons (Fsp3) is 1.00. The third-order valence-electron chi connectivity index (χ3n) is 5.67. The first kappa shape index (κ1) is 16.0. The molecule has 18 heavy (non-hydrogen) atoms. The van der Waals surface area contributed by atoms with Crippen LogP contribution >= 0.6 is 0 Å². The van der Waals surface area contributed by atoms with Crippen molar-refractivity contribution in [3.8, 4) is 0 Å². The molecule has 0 aromatic heterocycles. The Hall–Kier alpha value is -0.0800. The van der Waals surface area contributed by atoms with E-state index in [0.29, 0.717) is 17.1 Å². The maximum Gasteiger partial charge on any atom is 0.0332 e. The van der Waals surface area contributed by atoms with E-state index in [4.69, 9.17) is 0 Å². The molecule has 1 heterocycles. The Labute approximate surface area is 115 Å². The van der Waals surface area contributed by atoms with Gasteiger partial charge in [0.1, 0.15) is 0 Å². The third-order valence-corrected chi connectivity index (χ3v) is 5.67. The SMILES string of the molecule is CCC(C)N1CC(CC)(CC)NCC1(CC)CC. The summed E-state index contributed by atoms with van der Waals surface area (Å²) in [5, 5.41) is 3.89. The number of nitrogens with zero attached hydrogens (tertiary/aromatic N) is 1. The minimum atomic E-state index is 0.345. The van der Waals surface area contributed by atoms with Crippen LogP contribution in [0.15, 0.2) is 0 Å². The topological polar surface area (TPSA) is 15.3 Å². The molecule has 1 aliphatic rings. The van der Waals surface area contributed by atoms with Crippen LogP contribution in [0.1, 0.15) is 73.6 Å². The van der Waals surface area contributed by atoms with Crippen LogP contribution < -0.4 is 5.32 Å². The third kappa shape index (κ3) is 2.75. The van der Waals surface area contributed by atoms with Gasteiger partial charge in [0.2, 0.25) is 0 Å². The highest BCUT2D eigenvalue weighted by atomic mass is 15.3. The zero-order valence-corrected chi connectivity index (χ0v) is 13.5. The number of piperazine rings is 1. The second-order valence-electron chi connectivity index (χ2n) is 6.16. The van der Waals surface area contributed by atoms with Gasteiger partial charge in [-0.1, -0.05) is 34.6 Å². The minimum absolute atomic E-state index is 0.345. The molecule has 0 saturated carbocycles. The summed E-state index contributed by atoms with van der Waals surface area (Å²) < 4.78 is 0.